The zero-order valence-corrected chi connectivity index (χ0v) is 9.55. The van der Waals surface area contributed by atoms with Gasteiger partial charge in [-0.15, -0.1) is 0 Å². The standard InChI is InChI=1S/C13H13N3O/c1-16-7-6-11(15-16)13(17)12-8-9-4-2-3-5-10(9)14-12/h2-7,12,14H,8H2,1H3. The number of ketones is 1. The molecule has 1 aliphatic heterocycles. The molecule has 0 radical (unpaired) electrons. The summed E-state index contributed by atoms with van der Waals surface area (Å²) in [6, 6.07) is 9.60. The van der Waals surface area contributed by atoms with E-state index in [0.29, 0.717) is 5.69 Å². The van der Waals surface area contributed by atoms with Crippen LogP contribution in [0.1, 0.15) is 16.1 Å². The van der Waals surface area contributed by atoms with E-state index in [2.05, 4.69) is 10.4 Å². The lowest BCUT2D eigenvalue weighted by Gasteiger charge is -2.07. The first kappa shape index (κ1) is 10.1. The number of rotatable bonds is 2. The molecule has 17 heavy (non-hydrogen) atoms. The molecule has 3 rings (SSSR count). The van der Waals surface area contributed by atoms with E-state index in [0.717, 1.165) is 12.1 Å². The average Bonchev–Trinajstić information content (AvgIpc) is 2.93. The Morgan fingerprint density at radius 1 is 1.41 bits per heavy atom. The molecular formula is C13H13N3O. The fraction of sp³-hybridized carbons (Fsp3) is 0.231. The van der Waals surface area contributed by atoms with Crippen molar-refractivity contribution in [3.63, 3.8) is 0 Å². The third-order valence-electron chi connectivity index (χ3n) is 3.05. The highest BCUT2D eigenvalue weighted by molar-refractivity contribution is 6.01. The Morgan fingerprint density at radius 2 is 2.24 bits per heavy atom. The van der Waals surface area contributed by atoms with Crippen LogP contribution < -0.4 is 5.32 Å². The fourth-order valence-electron chi connectivity index (χ4n) is 2.18. The minimum atomic E-state index is -0.178. The number of carbonyl (C=O) groups excluding carboxylic acids is 1. The number of aromatic nitrogens is 2. The van der Waals surface area contributed by atoms with Crippen LogP contribution in [0.2, 0.25) is 0 Å². The third-order valence-corrected chi connectivity index (χ3v) is 3.05. The van der Waals surface area contributed by atoms with Crippen molar-refractivity contribution >= 4 is 11.5 Å². The molecule has 0 fully saturated rings. The molecule has 0 bridgehead atoms. The van der Waals surface area contributed by atoms with E-state index in [1.165, 1.54) is 5.56 Å². The smallest absolute Gasteiger partial charge is 0.205 e. The molecule has 1 N–H and O–H groups in total. The quantitative estimate of drug-likeness (QED) is 0.793. The first-order valence-electron chi connectivity index (χ1n) is 5.62. The maximum absolute atomic E-state index is 12.2. The lowest BCUT2D eigenvalue weighted by molar-refractivity contribution is 0.0966. The summed E-state index contributed by atoms with van der Waals surface area (Å²) in [7, 11) is 1.81. The molecule has 0 aliphatic carbocycles. The third kappa shape index (κ3) is 1.71. The number of hydrogen-bond acceptors (Lipinski definition) is 3. The molecule has 86 valence electrons. The number of aryl methyl sites for hydroxylation is 1. The number of nitrogens with one attached hydrogen (secondary N) is 1. The van der Waals surface area contributed by atoms with Crippen LogP contribution in [-0.2, 0) is 13.5 Å². The Morgan fingerprint density at radius 3 is 2.94 bits per heavy atom. The fourth-order valence-corrected chi connectivity index (χ4v) is 2.18. The van der Waals surface area contributed by atoms with Crippen molar-refractivity contribution in [1.29, 1.82) is 0 Å². The maximum Gasteiger partial charge on any atom is 0.205 e. The van der Waals surface area contributed by atoms with Gasteiger partial charge in [-0.25, -0.2) is 0 Å². The van der Waals surface area contributed by atoms with Gasteiger partial charge >= 0.3 is 0 Å². The molecule has 0 amide bonds. The number of carbonyl (C=O) groups is 1. The molecular weight excluding hydrogens is 214 g/mol. The Bertz CT molecular complexity index is 549. The van der Waals surface area contributed by atoms with Gasteiger partial charge in [0.2, 0.25) is 5.78 Å². The van der Waals surface area contributed by atoms with Crippen molar-refractivity contribution in [1.82, 2.24) is 9.78 Å². The van der Waals surface area contributed by atoms with Gasteiger partial charge in [-0.1, -0.05) is 18.2 Å². The number of benzene rings is 1. The predicted octanol–water partition coefficient (Wildman–Crippen LogP) is 1.64. The van der Waals surface area contributed by atoms with Gasteiger partial charge in [0.25, 0.3) is 0 Å². The van der Waals surface area contributed by atoms with Crippen LogP contribution in [-0.4, -0.2) is 21.6 Å². The van der Waals surface area contributed by atoms with E-state index in [4.69, 9.17) is 0 Å². The van der Waals surface area contributed by atoms with E-state index in [1.54, 1.807) is 16.9 Å². The molecule has 4 heteroatoms. The first-order chi connectivity index (χ1) is 8.24. The molecule has 2 aromatic rings. The van der Waals surface area contributed by atoms with Crippen molar-refractivity contribution in [3.05, 3.63) is 47.8 Å². The molecule has 1 atom stereocenters. The van der Waals surface area contributed by atoms with Gasteiger partial charge < -0.3 is 5.32 Å². The number of fused-ring (bicyclic) bond motifs is 1. The zero-order valence-electron chi connectivity index (χ0n) is 9.55. The summed E-state index contributed by atoms with van der Waals surface area (Å²) in [4.78, 5) is 12.2. The van der Waals surface area contributed by atoms with Crippen LogP contribution in [0.4, 0.5) is 5.69 Å². The summed E-state index contributed by atoms with van der Waals surface area (Å²) in [5, 5.41) is 7.39. The zero-order chi connectivity index (χ0) is 11.8. The summed E-state index contributed by atoms with van der Waals surface area (Å²) < 4.78 is 1.65. The van der Waals surface area contributed by atoms with Crippen LogP contribution >= 0.6 is 0 Å². The minimum absolute atomic E-state index is 0.0572. The van der Waals surface area contributed by atoms with Crippen LogP contribution in [0, 0.1) is 0 Å². The Hall–Kier alpha value is -2.10. The molecule has 1 aromatic carbocycles. The van der Waals surface area contributed by atoms with Gasteiger partial charge in [-0.05, 0) is 17.7 Å². The summed E-state index contributed by atoms with van der Waals surface area (Å²) in [5.74, 6) is 0.0572. The molecule has 1 unspecified atom stereocenters. The van der Waals surface area contributed by atoms with Crippen LogP contribution in [0.15, 0.2) is 36.5 Å². The average molecular weight is 227 g/mol. The minimum Gasteiger partial charge on any atom is -0.374 e. The highest BCUT2D eigenvalue weighted by Gasteiger charge is 2.28. The van der Waals surface area contributed by atoms with Crippen molar-refractivity contribution in [2.75, 3.05) is 5.32 Å². The second-order valence-corrected chi connectivity index (χ2v) is 4.30. The Balaban J connectivity index is 1.83. The molecule has 1 aliphatic rings. The predicted molar refractivity (Wildman–Crippen MR) is 65.1 cm³/mol. The number of Topliss-reactive ketones (excluding diaryl/α,β-unsaturated/α-hetero) is 1. The summed E-state index contributed by atoms with van der Waals surface area (Å²) >= 11 is 0. The van der Waals surface area contributed by atoms with Crippen molar-refractivity contribution < 1.29 is 4.79 Å². The van der Waals surface area contributed by atoms with Gasteiger partial charge in [0, 0.05) is 25.4 Å². The van der Waals surface area contributed by atoms with Gasteiger partial charge in [0.05, 0.1) is 6.04 Å². The van der Waals surface area contributed by atoms with Crippen LogP contribution in [0.5, 0.6) is 0 Å². The SMILES string of the molecule is Cn1ccc(C(=O)C2Cc3ccccc3N2)n1. The highest BCUT2D eigenvalue weighted by atomic mass is 16.1. The topological polar surface area (TPSA) is 46.9 Å². The largest absolute Gasteiger partial charge is 0.374 e. The highest BCUT2D eigenvalue weighted by Crippen LogP contribution is 2.26. The van der Waals surface area contributed by atoms with E-state index >= 15 is 0 Å². The molecule has 0 saturated carbocycles. The van der Waals surface area contributed by atoms with Crippen molar-refractivity contribution in [2.24, 2.45) is 7.05 Å². The van der Waals surface area contributed by atoms with Gasteiger partial charge in [-0.3, -0.25) is 9.48 Å². The van der Waals surface area contributed by atoms with E-state index < -0.39 is 0 Å². The number of nitrogens with zero attached hydrogens (tertiary/aromatic N) is 2. The van der Waals surface area contributed by atoms with Crippen LogP contribution in [0.3, 0.4) is 0 Å². The van der Waals surface area contributed by atoms with E-state index in [-0.39, 0.29) is 11.8 Å². The van der Waals surface area contributed by atoms with Crippen molar-refractivity contribution in [3.8, 4) is 0 Å². The number of hydrogen-bond donors (Lipinski definition) is 1. The number of para-hydroxylation sites is 1. The van der Waals surface area contributed by atoms with Gasteiger partial charge in [-0.2, -0.15) is 5.10 Å². The van der Waals surface area contributed by atoms with Gasteiger partial charge in [0.15, 0.2) is 0 Å². The molecule has 2 heterocycles. The van der Waals surface area contributed by atoms with Crippen LogP contribution in [0.25, 0.3) is 0 Å². The summed E-state index contributed by atoms with van der Waals surface area (Å²) in [5.41, 5.74) is 2.78. The molecule has 0 spiro atoms. The lowest BCUT2D eigenvalue weighted by Crippen LogP contribution is -2.27. The second kappa shape index (κ2) is 3.73. The summed E-state index contributed by atoms with van der Waals surface area (Å²) in [6.07, 6.45) is 2.53. The lowest BCUT2D eigenvalue weighted by atomic mass is 10.1. The monoisotopic (exact) mass is 227 g/mol. The van der Waals surface area contributed by atoms with E-state index in [1.807, 2.05) is 31.3 Å². The summed E-state index contributed by atoms with van der Waals surface area (Å²) in [6.45, 7) is 0. The second-order valence-electron chi connectivity index (χ2n) is 4.30. The molecule has 4 nitrogen and oxygen atoms in total. The Kier molecular flexibility index (Phi) is 2.21. The van der Waals surface area contributed by atoms with Gasteiger partial charge in [0.1, 0.15) is 5.69 Å². The first-order valence-corrected chi connectivity index (χ1v) is 5.62. The van der Waals surface area contributed by atoms with Crippen molar-refractivity contribution in [2.45, 2.75) is 12.5 Å². The normalized spacial score (nSPS) is 17.6. The maximum atomic E-state index is 12.2. The molecule has 1 aromatic heterocycles. The Labute approximate surface area is 99.3 Å². The van der Waals surface area contributed by atoms with E-state index in [9.17, 15) is 4.79 Å². The molecule has 0 saturated heterocycles. The number of anilines is 1.